The highest BCUT2D eigenvalue weighted by atomic mass is 35.5. The Balaban J connectivity index is 1.96. The molecule has 1 amide bonds. The maximum atomic E-state index is 13.7. The van der Waals surface area contributed by atoms with E-state index >= 15 is 0 Å². The van der Waals surface area contributed by atoms with Crippen molar-refractivity contribution in [3.05, 3.63) is 88.2 Å². The molecule has 1 N–H and O–H groups in total. The van der Waals surface area contributed by atoms with Crippen LogP contribution in [0.15, 0.2) is 65.6 Å². The number of amides is 1. The molecule has 0 unspecified atom stereocenters. The molecule has 9 heteroatoms. The molecule has 3 aromatic carbocycles. The quantitative estimate of drug-likeness (QED) is 0.500. The highest BCUT2D eigenvalue weighted by Crippen LogP contribution is 2.32. The summed E-state index contributed by atoms with van der Waals surface area (Å²) in [5.74, 6) is -0.757. The van der Waals surface area contributed by atoms with Crippen LogP contribution in [0.4, 0.5) is 10.1 Å². The summed E-state index contributed by atoms with van der Waals surface area (Å²) in [6.07, 6.45) is 0. The molecule has 0 aliphatic heterocycles. The van der Waals surface area contributed by atoms with E-state index < -0.39 is 22.5 Å². The molecule has 3 rings (SSSR count). The Morgan fingerprint density at radius 2 is 1.76 bits per heavy atom. The van der Waals surface area contributed by atoms with Crippen LogP contribution in [0.5, 0.6) is 5.75 Å². The Kier molecular flexibility index (Phi) is 7.61. The van der Waals surface area contributed by atoms with Crippen LogP contribution in [0.2, 0.25) is 5.02 Å². The Morgan fingerprint density at radius 3 is 2.39 bits per heavy atom. The number of sulfonamides is 1. The van der Waals surface area contributed by atoms with Gasteiger partial charge in [0.05, 0.1) is 12.8 Å². The van der Waals surface area contributed by atoms with Gasteiger partial charge in [-0.3, -0.25) is 9.10 Å². The minimum Gasteiger partial charge on any atom is -0.495 e. The van der Waals surface area contributed by atoms with Gasteiger partial charge in [0.2, 0.25) is 5.91 Å². The molecule has 3 aromatic rings. The minimum absolute atomic E-state index is 0.0620. The molecular formula is C24H24ClFN2O4S. The zero-order valence-electron chi connectivity index (χ0n) is 18.4. The van der Waals surface area contributed by atoms with Gasteiger partial charge in [0.1, 0.15) is 23.0 Å². The number of methoxy groups -OCH3 is 1. The van der Waals surface area contributed by atoms with Crippen LogP contribution >= 0.6 is 11.6 Å². The van der Waals surface area contributed by atoms with Crippen LogP contribution in [-0.2, 0) is 21.4 Å². The summed E-state index contributed by atoms with van der Waals surface area (Å²) in [5.41, 5.74) is 2.41. The Hall–Kier alpha value is -3.10. The van der Waals surface area contributed by atoms with Crippen molar-refractivity contribution in [1.82, 2.24) is 5.32 Å². The number of ether oxygens (including phenoxy) is 1. The first kappa shape index (κ1) is 24.5. The largest absolute Gasteiger partial charge is 0.495 e. The zero-order chi connectivity index (χ0) is 24.2. The zero-order valence-corrected chi connectivity index (χ0v) is 20.0. The molecule has 0 aromatic heterocycles. The number of hydrogen-bond acceptors (Lipinski definition) is 4. The number of nitrogens with one attached hydrogen (secondary N) is 1. The molecule has 0 fully saturated rings. The van der Waals surface area contributed by atoms with E-state index in [9.17, 15) is 17.6 Å². The van der Waals surface area contributed by atoms with Gasteiger partial charge in [-0.25, -0.2) is 12.8 Å². The van der Waals surface area contributed by atoms with Crippen molar-refractivity contribution in [2.45, 2.75) is 25.3 Å². The third-order valence-corrected chi connectivity index (χ3v) is 7.22. The van der Waals surface area contributed by atoms with E-state index in [4.69, 9.17) is 16.3 Å². The maximum Gasteiger partial charge on any atom is 0.268 e. The number of aryl methyl sites for hydroxylation is 2. The van der Waals surface area contributed by atoms with E-state index in [0.29, 0.717) is 10.6 Å². The van der Waals surface area contributed by atoms with Crippen molar-refractivity contribution in [2.75, 3.05) is 18.0 Å². The molecule has 0 saturated carbocycles. The summed E-state index contributed by atoms with van der Waals surface area (Å²) in [6.45, 7) is 3.19. The molecule has 0 atom stereocenters. The van der Waals surface area contributed by atoms with Gasteiger partial charge in [-0.05, 0) is 66.9 Å². The van der Waals surface area contributed by atoms with Crippen molar-refractivity contribution >= 4 is 33.2 Å². The fourth-order valence-electron chi connectivity index (χ4n) is 3.15. The number of rotatable bonds is 8. The standard InChI is InChI=1S/C24H24ClFN2O4S/c1-16-4-11-22(32-3)23(12-16)33(30,31)28(20-10-5-17(2)21(25)13-20)15-24(29)27-14-18-6-8-19(26)9-7-18/h4-13H,14-15H2,1-3H3,(H,27,29). The molecule has 0 bridgehead atoms. The molecule has 0 saturated heterocycles. The van der Waals surface area contributed by atoms with Gasteiger partial charge in [0, 0.05) is 11.6 Å². The van der Waals surface area contributed by atoms with E-state index in [1.54, 1.807) is 50.2 Å². The first-order valence-corrected chi connectivity index (χ1v) is 11.9. The van der Waals surface area contributed by atoms with Gasteiger partial charge in [-0.15, -0.1) is 0 Å². The summed E-state index contributed by atoms with van der Waals surface area (Å²) < 4.78 is 46.8. The minimum atomic E-state index is -4.19. The Labute approximate surface area is 198 Å². The molecule has 0 heterocycles. The number of halogens is 2. The first-order valence-electron chi connectivity index (χ1n) is 10.1. The second kappa shape index (κ2) is 10.2. The normalized spacial score (nSPS) is 11.2. The highest BCUT2D eigenvalue weighted by molar-refractivity contribution is 7.93. The van der Waals surface area contributed by atoms with Crippen LogP contribution in [-0.4, -0.2) is 28.0 Å². The topological polar surface area (TPSA) is 75.7 Å². The van der Waals surface area contributed by atoms with Crippen molar-refractivity contribution < 1.29 is 22.3 Å². The smallest absolute Gasteiger partial charge is 0.268 e. The predicted molar refractivity (Wildman–Crippen MR) is 127 cm³/mol. The van der Waals surface area contributed by atoms with Crippen molar-refractivity contribution in [1.29, 1.82) is 0 Å². The third-order valence-electron chi connectivity index (χ3n) is 5.02. The first-order chi connectivity index (χ1) is 15.6. The number of hydrogen-bond donors (Lipinski definition) is 1. The molecule has 0 radical (unpaired) electrons. The summed E-state index contributed by atoms with van der Waals surface area (Å²) in [7, 11) is -2.81. The average Bonchev–Trinajstić information content (AvgIpc) is 2.79. The summed E-state index contributed by atoms with van der Waals surface area (Å²) >= 11 is 6.25. The molecule has 0 aliphatic carbocycles. The van der Waals surface area contributed by atoms with E-state index in [0.717, 1.165) is 15.4 Å². The molecule has 174 valence electrons. The van der Waals surface area contributed by atoms with Gasteiger partial charge in [-0.2, -0.15) is 0 Å². The molecular weight excluding hydrogens is 467 g/mol. The third kappa shape index (κ3) is 5.83. The lowest BCUT2D eigenvalue weighted by Gasteiger charge is -2.25. The fourth-order valence-corrected chi connectivity index (χ4v) is 4.98. The number of benzene rings is 3. The van der Waals surface area contributed by atoms with Crippen LogP contribution in [0.1, 0.15) is 16.7 Å². The second-order valence-corrected chi connectivity index (χ2v) is 9.74. The number of nitrogens with zero attached hydrogens (tertiary/aromatic N) is 1. The summed E-state index contributed by atoms with van der Waals surface area (Å²) in [6, 6.07) is 15.2. The number of carbonyl (C=O) groups is 1. The summed E-state index contributed by atoms with van der Waals surface area (Å²) in [4.78, 5) is 12.7. The SMILES string of the molecule is COc1ccc(C)cc1S(=O)(=O)N(CC(=O)NCc1ccc(F)cc1)c1ccc(C)c(Cl)c1. The number of carbonyl (C=O) groups excluding carboxylic acids is 1. The second-order valence-electron chi connectivity index (χ2n) is 7.50. The van der Waals surface area contributed by atoms with E-state index in [1.165, 1.54) is 31.4 Å². The number of anilines is 1. The average molecular weight is 491 g/mol. The Morgan fingerprint density at radius 1 is 1.06 bits per heavy atom. The molecule has 6 nitrogen and oxygen atoms in total. The van der Waals surface area contributed by atoms with Gasteiger partial charge in [0.25, 0.3) is 10.0 Å². The van der Waals surface area contributed by atoms with Crippen LogP contribution < -0.4 is 14.4 Å². The van der Waals surface area contributed by atoms with Gasteiger partial charge < -0.3 is 10.1 Å². The molecule has 0 aliphatic rings. The van der Waals surface area contributed by atoms with Crippen molar-refractivity contribution in [2.24, 2.45) is 0 Å². The fraction of sp³-hybridized carbons (Fsp3) is 0.208. The molecule has 0 spiro atoms. The predicted octanol–water partition coefficient (Wildman–Crippen LogP) is 4.62. The van der Waals surface area contributed by atoms with Gasteiger partial charge >= 0.3 is 0 Å². The molecule has 33 heavy (non-hydrogen) atoms. The lowest BCUT2D eigenvalue weighted by atomic mass is 10.2. The van der Waals surface area contributed by atoms with Crippen molar-refractivity contribution in [3.63, 3.8) is 0 Å². The monoisotopic (exact) mass is 490 g/mol. The lowest BCUT2D eigenvalue weighted by Crippen LogP contribution is -2.40. The van der Waals surface area contributed by atoms with Gasteiger partial charge in [-0.1, -0.05) is 35.9 Å². The lowest BCUT2D eigenvalue weighted by molar-refractivity contribution is -0.119. The van der Waals surface area contributed by atoms with Crippen LogP contribution in [0.25, 0.3) is 0 Å². The summed E-state index contributed by atoms with van der Waals surface area (Å²) in [5, 5.41) is 3.05. The maximum absolute atomic E-state index is 13.7. The van der Waals surface area contributed by atoms with Crippen LogP contribution in [0.3, 0.4) is 0 Å². The van der Waals surface area contributed by atoms with Crippen molar-refractivity contribution in [3.8, 4) is 5.75 Å². The van der Waals surface area contributed by atoms with E-state index in [-0.39, 0.29) is 28.7 Å². The highest BCUT2D eigenvalue weighted by Gasteiger charge is 2.30. The van der Waals surface area contributed by atoms with E-state index in [1.807, 2.05) is 0 Å². The van der Waals surface area contributed by atoms with Gasteiger partial charge in [0.15, 0.2) is 0 Å². The van der Waals surface area contributed by atoms with Crippen LogP contribution in [0, 0.1) is 19.7 Å². The van der Waals surface area contributed by atoms with E-state index in [2.05, 4.69) is 5.32 Å². The Bertz CT molecular complexity index is 1260.